The Kier molecular flexibility index (Phi) is 6.91. The molecule has 128 valence electrons. The van der Waals surface area contributed by atoms with E-state index < -0.39 is 0 Å². The molecule has 1 amide bonds. The third kappa shape index (κ3) is 5.41. The molecule has 1 saturated carbocycles. The van der Waals surface area contributed by atoms with Crippen LogP contribution in [0.2, 0.25) is 5.02 Å². The van der Waals surface area contributed by atoms with Crippen LogP contribution in [0.1, 0.15) is 12.8 Å². The Labute approximate surface area is 153 Å². The molecule has 24 heavy (non-hydrogen) atoms. The zero-order chi connectivity index (χ0) is 16.1. The maximum Gasteiger partial charge on any atom is 0.238 e. The Morgan fingerprint density at radius 3 is 2.46 bits per heavy atom. The summed E-state index contributed by atoms with van der Waals surface area (Å²) < 4.78 is 5.83. The van der Waals surface area contributed by atoms with Crippen molar-refractivity contribution in [3.63, 3.8) is 0 Å². The van der Waals surface area contributed by atoms with Crippen LogP contribution in [-0.4, -0.2) is 19.0 Å². The van der Waals surface area contributed by atoms with Gasteiger partial charge in [0.2, 0.25) is 5.91 Å². The van der Waals surface area contributed by atoms with E-state index >= 15 is 0 Å². The van der Waals surface area contributed by atoms with Crippen LogP contribution in [0.4, 0.5) is 5.69 Å². The molecule has 0 heterocycles. The zero-order valence-electron chi connectivity index (χ0n) is 13.1. The number of carbonyl (C=O) groups excluding carboxylic acids is 1. The molecule has 6 heteroatoms. The van der Waals surface area contributed by atoms with Gasteiger partial charge in [0.1, 0.15) is 5.75 Å². The Bertz CT molecular complexity index is 690. The summed E-state index contributed by atoms with van der Waals surface area (Å²) >= 11 is 6.11. The molecule has 2 N–H and O–H groups in total. The van der Waals surface area contributed by atoms with Crippen LogP contribution in [0.25, 0.3) is 0 Å². The van der Waals surface area contributed by atoms with Gasteiger partial charge in [-0.05, 0) is 49.6 Å². The predicted octanol–water partition coefficient (Wildman–Crippen LogP) is 4.49. The van der Waals surface area contributed by atoms with Crippen LogP contribution in [-0.2, 0) is 4.79 Å². The number of para-hydroxylation sites is 3. The van der Waals surface area contributed by atoms with Crippen molar-refractivity contribution < 1.29 is 9.53 Å². The van der Waals surface area contributed by atoms with Crippen molar-refractivity contribution >= 4 is 35.6 Å². The second kappa shape index (κ2) is 8.92. The number of hydrogen-bond donors (Lipinski definition) is 2. The molecule has 0 saturated heterocycles. The largest absolute Gasteiger partial charge is 0.454 e. The van der Waals surface area contributed by atoms with Gasteiger partial charge in [-0.2, -0.15) is 0 Å². The van der Waals surface area contributed by atoms with Crippen molar-refractivity contribution in [3.05, 3.63) is 53.6 Å². The second-order valence-electron chi connectivity index (χ2n) is 5.65. The standard InChI is InChI=1S/C18H19ClN2O2.ClH/c19-14-5-1-3-7-16(14)23-17-8-4-2-6-15(17)21-18(22)12-20-11-13-9-10-13;/h1-8,13,20H,9-12H2,(H,21,22);1H. The molecule has 0 spiro atoms. The summed E-state index contributed by atoms with van der Waals surface area (Å²) in [5.74, 6) is 1.79. The number of halogens is 2. The molecule has 3 rings (SSSR count). The van der Waals surface area contributed by atoms with Crippen molar-refractivity contribution in [2.75, 3.05) is 18.4 Å². The van der Waals surface area contributed by atoms with Crippen molar-refractivity contribution in [1.29, 1.82) is 0 Å². The third-order valence-corrected chi connectivity index (χ3v) is 3.95. The highest BCUT2D eigenvalue weighted by Crippen LogP contribution is 2.33. The molecule has 2 aromatic carbocycles. The van der Waals surface area contributed by atoms with Crippen LogP contribution < -0.4 is 15.4 Å². The first-order valence-electron chi connectivity index (χ1n) is 7.74. The molecule has 0 aliphatic heterocycles. The molecule has 1 fully saturated rings. The van der Waals surface area contributed by atoms with Crippen LogP contribution in [0.5, 0.6) is 11.5 Å². The summed E-state index contributed by atoms with van der Waals surface area (Å²) in [7, 11) is 0. The minimum Gasteiger partial charge on any atom is -0.454 e. The van der Waals surface area contributed by atoms with E-state index in [2.05, 4.69) is 10.6 Å². The summed E-state index contributed by atoms with van der Waals surface area (Å²) in [6, 6.07) is 14.6. The smallest absolute Gasteiger partial charge is 0.238 e. The molecular formula is C18H20Cl2N2O2. The fraction of sp³-hybridized carbons (Fsp3) is 0.278. The second-order valence-corrected chi connectivity index (χ2v) is 6.06. The lowest BCUT2D eigenvalue weighted by Gasteiger charge is -2.13. The molecule has 4 nitrogen and oxygen atoms in total. The van der Waals surface area contributed by atoms with Gasteiger partial charge < -0.3 is 15.4 Å². The summed E-state index contributed by atoms with van der Waals surface area (Å²) in [6.45, 7) is 1.21. The number of carbonyl (C=O) groups is 1. The van der Waals surface area contributed by atoms with E-state index in [9.17, 15) is 4.79 Å². The topological polar surface area (TPSA) is 50.4 Å². The Morgan fingerprint density at radius 2 is 1.75 bits per heavy atom. The maximum atomic E-state index is 12.0. The molecule has 2 aromatic rings. The number of nitrogens with one attached hydrogen (secondary N) is 2. The van der Waals surface area contributed by atoms with Gasteiger partial charge in [0.05, 0.1) is 17.3 Å². The van der Waals surface area contributed by atoms with E-state index in [0.29, 0.717) is 28.8 Å². The molecule has 1 aliphatic rings. The molecule has 0 aromatic heterocycles. The van der Waals surface area contributed by atoms with Crippen LogP contribution in [0.15, 0.2) is 48.5 Å². The van der Waals surface area contributed by atoms with Gasteiger partial charge in [0, 0.05) is 0 Å². The molecule has 0 atom stereocenters. The maximum absolute atomic E-state index is 12.0. The lowest BCUT2D eigenvalue weighted by Crippen LogP contribution is -2.29. The normalized spacial score (nSPS) is 13.0. The van der Waals surface area contributed by atoms with Crippen LogP contribution in [0, 0.1) is 5.92 Å². The quantitative estimate of drug-likeness (QED) is 0.758. The van der Waals surface area contributed by atoms with Gasteiger partial charge in [-0.3, -0.25) is 4.79 Å². The first-order chi connectivity index (χ1) is 11.2. The van der Waals surface area contributed by atoms with Crippen molar-refractivity contribution in [1.82, 2.24) is 5.32 Å². The van der Waals surface area contributed by atoms with E-state index in [1.54, 1.807) is 18.2 Å². The zero-order valence-corrected chi connectivity index (χ0v) is 14.7. The minimum atomic E-state index is -0.0825. The molecule has 1 aliphatic carbocycles. The SMILES string of the molecule is Cl.O=C(CNCC1CC1)Nc1ccccc1Oc1ccccc1Cl. The van der Waals surface area contributed by atoms with Gasteiger partial charge in [0.25, 0.3) is 0 Å². The minimum absolute atomic E-state index is 0. The summed E-state index contributed by atoms with van der Waals surface area (Å²) in [5, 5.41) is 6.57. The third-order valence-electron chi connectivity index (χ3n) is 3.63. The number of hydrogen-bond acceptors (Lipinski definition) is 3. The number of amides is 1. The van der Waals surface area contributed by atoms with E-state index in [4.69, 9.17) is 16.3 Å². The molecule has 0 bridgehead atoms. The van der Waals surface area contributed by atoms with Gasteiger partial charge in [-0.25, -0.2) is 0 Å². The van der Waals surface area contributed by atoms with Crippen molar-refractivity contribution in [2.45, 2.75) is 12.8 Å². The Hall–Kier alpha value is -1.75. The fourth-order valence-corrected chi connectivity index (χ4v) is 2.39. The van der Waals surface area contributed by atoms with E-state index in [0.717, 1.165) is 12.5 Å². The molecule has 0 radical (unpaired) electrons. The van der Waals surface area contributed by atoms with E-state index in [1.165, 1.54) is 12.8 Å². The van der Waals surface area contributed by atoms with Gasteiger partial charge in [-0.15, -0.1) is 12.4 Å². The van der Waals surface area contributed by atoms with Crippen molar-refractivity contribution in [3.8, 4) is 11.5 Å². The van der Waals surface area contributed by atoms with Crippen LogP contribution >= 0.6 is 24.0 Å². The Morgan fingerprint density at radius 1 is 1.08 bits per heavy atom. The summed E-state index contributed by atoms with van der Waals surface area (Å²) in [6.07, 6.45) is 2.53. The van der Waals surface area contributed by atoms with Crippen molar-refractivity contribution in [2.24, 2.45) is 5.92 Å². The summed E-state index contributed by atoms with van der Waals surface area (Å²) in [5.41, 5.74) is 0.630. The lowest BCUT2D eigenvalue weighted by molar-refractivity contribution is -0.115. The molecular weight excluding hydrogens is 347 g/mol. The highest BCUT2D eigenvalue weighted by atomic mass is 35.5. The highest BCUT2D eigenvalue weighted by molar-refractivity contribution is 6.32. The van der Waals surface area contributed by atoms with E-state index in [-0.39, 0.29) is 18.3 Å². The molecule has 0 unspecified atom stereocenters. The highest BCUT2D eigenvalue weighted by Gasteiger charge is 2.20. The summed E-state index contributed by atoms with van der Waals surface area (Å²) in [4.78, 5) is 12.0. The predicted molar refractivity (Wildman–Crippen MR) is 99.4 cm³/mol. The average molecular weight is 367 g/mol. The average Bonchev–Trinajstić information content (AvgIpc) is 3.36. The van der Waals surface area contributed by atoms with Crippen LogP contribution in [0.3, 0.4) is 0 Å². The van der Waals surface area contributed by atoms with E-state index in [1.807, 2.05) is 30.3 Å². The Balaban J connectivity index is 0.00000208. The number of benzene rings is 2. The van der Waals surface area contributed by atoms with Gasteiger partial charge >= 0.3 is 0 Å². The monoisotopic (exact) mass is 366 g/mol. The number of ether oxygens (including phenoxy) is 1. The van der Waals surface area contributed by atoms with Gasteiger partial charge in [-0.1, -0.05) is 35.9 Å². The first-order valence-corrected chi connectivity index (χ1v) is 8.12. The number of anilines is 1. The number of rotatable bonds is 7. The van der Waals surface area contributed by atoms with Gasteiger partial charge in [0.15, 0.2) is 5.75 Å². The lowest BCUT2D eigenvalue weighted by atomic mass is 10.2. The first kappa shape index (κ1) is 18.6. The fourth-order valence-electron chi connectivity index (χ4n) is 2.21.